The number of aromatic carboxylic acids is 1. The standard InChI is InChI=1S/C29H32FN3O6S/c1-2-3-4-5-6-7-22-18-26(29(36)37)32-19-25(22)28(35)33-40(38,39)24-14-10-21(11-15-24)27(34)31-17-16-20-8-12-23(30)13-9-20/h8-15,18-19H,2-7,16-17H2,1H3,(H,31,34)(H,33,35)(H,36,37). The number of carboxylic acid groups (broad SMARTS) is 1. The first kappa shape index (κ1) is 30.4. The van der Waals surface area contributed by atoms with E-state index < -0.39 is 27.8 Å². The Morgan fingerprint density at radius 3 is 2.23 bits per heavy atom. The first-order chi connectivity index (χ1) is 19.1. The molecular weight excluding hydrogens is 537 g/mol. The number of benzene rings is 2. The molecule has 9 nitrogen and oxygen atoms in total. The maximum Gasteiger partial charge on any atom is 0.354 e. The molecule has 11 heteroatoms. The first-order valence-electron chi connectivity index (χ1n) is 13.0. The van der Waals surface area contributed by atoms with Crippen molar-refractivity contribution < 1.29 is 32.3 Å². The average Bonchev–Trinajstić information content (AvgIpc) is 2.93. The molecule has 0 fully saturated rings. The van der Waals surface area contributed by atoms with E-state index >= 15 is 0 Å². The molecule has 1 heterocycles. The molecule has 3 aromatic rings. The van der Waals surface area contributed by atoms with Crippen LogP contribution in [0.25, 0.3) is 0 Å². The molecule has 2 aromatic carbocycles. The molecule has 3 rings (SSSR count). The second kappa shape index (κ2) is 14.3. The second-order valence-corrected chi connectivity index (χ2v) is 11.0. The van der Waals surface area contributed by atoms with Crippen LogP contribution in [0.2, 0.25) is 0 Å². The number of nitrogens with zero attached hydrogens (tertiary/aromatic N) is 1. The van der Waals surface area contributed by atoms with Crippen LogP contribution in [0.15, 0.2) is 65.7 Å². The molecule has 3 N–H and O–H groups in total. The SMILES string of the molecule is CCCCCCCc1cc(C(=O)O)ncc1C(=O)NS(=O)(=O)c1ccc(C(=O)NCCc2ccc(F)cc2)cc1. The number of amides is 2. The molecule has 40 heavy (non-hydrogen) atoms. The Labute approximate surface area is 232 Å². The fourth-order valence-corrected chi connectivity index (χ4v) is 5.01. The van der Waals surface area contributed by atoms with Gasteiger partial charge in [0, 0.05) is 18.3 Å². The van der Waals surface area contributed by atoms with Crippen molar-refractivity contribution in [2.75, 3.05) is 6.54 Å². The van der Waals surface area contributed by atoms with Gasteiger partial charge in [-0.05, 0) is 72.9 Å². The van der Waals surface area contributed by atoms with Gasteiger partial charge in [0.05, 0.1) is 10.5 Å². The summed E-state index contributed by atoms with van der Waals surface area (Å²) in [6.07, 6.45) is 6.72. The monoisotopic (exact) mass is 569 g/mol. The van der Waals surface area contributed by atoms with Crippen molar-refractivity contribution in [3.8, 4) is 0 Å². The molecule has 0 aliphatic rings. The van der Waals surface area contributed by atoms with Crippen LogP contribution in [-0.2, 0) is 22.9 Å². The normalized spacial score (nSPS) is 11.2. The lowest BCUT2D eigenvalue weighted by Gasteiger charge is -2.12. The highest BCUT2D eigenvalue weighted by molar-refractivity contribution is 7.90. The smallest absolute Gasteiger partial charge is 0.354 e. The quantitative estimate of drug-likeness (QED) is 0.242. The van der Waals surface area contributed by atoms with E-state index in [1.54, 1.807) is 12.1 Å². The van der Waals surface area contributed by atoms with Gasteiger partial charge in [0.1, 0.15) is 11.5 Å². The molecule has 1 aromatic heterocycles. The molecular formula is C29H32FN3O6S. The molecule has 0 unspecified atom stereocenters. The third-order valence-electron chi connectivity index (χ3n) is 6.27. The largest absolute Gasteiger partial charge is 0.477 e. The number of carboxylic acids is 1. The van der Waals surface area contributed by atoms with Crippen LogP contribution in [0.3, 0.4) is 0 Å². The molecule has 212 valence electrons. The van der Waals surface area contributed by atoms with Crippen molar-refractivity contribution >= 4 is 27.8 Å². The molecule has 0 atom stereocenters. The van der Waals surface area contributed by atoms with Gasteiger partial charge in [0.15, 0.2) is 0 Å². The van der Waals surface area contributed by atoms with E-state index in [4.69, 9.17) is 0 Å². The maximum atomic E-state index is 13.0. The minimum absolute atomic E-state index is 0.0128. The number of aryl methyl sites for hydroxylation is 1. The number of unbranched alkanes of at least 4 members (excludes halogenated alkanes) is 4. The van der Waals surface area contributed by atoms with Gasteiger partial charge in [-0.2, -0.15) is 0 Å². The minimum atomic E-state index is -4.29. The Morgan fingerprint density at radius 1 is 0.900 bits per heavy atom. The average molecular weight is 570 g/mol. The van der Waals surface area contributed by atoms with Crippen LogP contribution >= 0.6 is 0 Å². The molecule has 0 bridgehead atoms. The summed E-state index contributed by atoms with van der Waals surface area (Å²) in [6.45, 7) is 2.39. The number of aromatic nitrogens is 1. The summed E-state index contributed by atoms with van der Waals surface area (Å²) in [4.78, 5) is 40.3. The van der Waals surface area contributed by atoms with Crippen LogP contribution in [0.4, 0.5) is 4.39 Å². The topological polar surface area (TPSA) is 143 Å². The molecule has 0 radical (unpaired) electrons. The summed E-state index contributed by atoms with van der Waals surface area (Å²) in [5, 5.41) is 12.0. The number of nitrogens with one attached hydrogen (secondary N) is 2. The van der Waals surface area contributed by atoms with Gasteiger partial charge in [-0.1, -0.05) is 44.7 Å². The third kappa shape index (κ3) is 8.70. The van der Waals surface area contributed by atoms with Crippen molar-refractivity contribution in [3.05, 3.63) is 94.6 Å². The van der Waals surface area contributed by atoms with E-state index in [0.29, 0.717) is 31.4 Å². The number of hydrogen-bond donors (Lipinski definition) is 3. The summed E-state index contributed by atoms with van der Waals surface area (Å²) >= 11 is 0. The van der Waals surface area contributed by atoms with E-state index in [9.17, 15) is 32.3 Å². The van der Waals surface area contributed by atoms with Gasteiger partial charge in [-0.25, -0.2) is 27.3 Å². The third-order valence-corrected chi connectivity index (χ3v) is 7.62. The van der Waals surface area contributed by atoms with Gasteiger partial charge in [-0.3, -0.25) is 9.59 Å². The molecule has 2 amide bonds. The maximum absolute atomic E-state index is 13.0. The van der Waals surface area contributed by atoms with E-state index in [0.717, 1.165) is 37.4 Å². The highest BCUT2D eigenvalue weighted by Crippen LogP contribution is 2.17. The van der Waals surface area contributed by atoms with Crippen molar-refractivity contribution in [1.29, 1.82) is 0 Å². The summed E-state index contributed by atoms with van der Waals surface area (Å²) in [5.41, 5.74) is 1.24. The van der Waals surface area contributed by atoms with Gasteiger partial charge in [0.25, 0.3) is 21.8 Å². The van der Waals surface area contributed by atoms with E-state index in [-0.39, 0.29) is 27.5 Å². The van der Waals surface area contributed by atoms with Crippen molar-refractivity contribution in [2.24, 2.45) is 0 Å². The van der Waals surface area contributed by atoms with Gasteiger partial charge in [0.2, 0.25) is 0 Å². The Morgan fingerprint density at radius 2 is 1.57 bits per heavy atom. The van der Waals surface area contributed by atoms with E-state index in [2.05, 4.69) is 17.2 Å². The Balaban J connectivity index is 1.64. The van der Waals surface area contributed by atoms with Gasteiger partial charge < -0.3 is 10.4 Å². The van der Waals surface area contributed by atoms with Crippen LogP contribution < -0.4 is 10.0 Å². The predicted molar refractivity (Wildman–Crippen MR) is 147 cm³/mol. The molecule has 0 aliphatic carbocycles. The van der Waals surface area contributed by atoms with Crippen molar-refractivity contribution in [1.82, 2.24) is 15.0 Å². The lowest BCUT2D eigenvalue weighted by Crippen LogP contribution is -2.31. The van der Waals surface area contributed by atoms with E-state index in [1.807, 2.05) is 4.72 Å². The fraction of sp³-hybridized carbons (Fsp3) is 0.310. The number of pyridine rings is 1. The lowest BCUT2D eigenvalue weighted by atomic mass is 10.0. The summed E-state index contributed by atoms with van der Waals surface area (Å²) in [5.74, 6) is -2.92. The fourth-order valence-electron chi connectivity index (χ4n) is 4.04. The molecule has 0 saturated carbocycles. The Kier molecular flexibility index (Phi) is 10.9. The molecule has 0 saturated heterocycles. The van der Waals surface area contributed by atoms with Crippen LogP contribution in [-0.4, -0.2) is 42.8 Å². The number of carbonyl (C=O) groups excluding carboxylic acids is 2. The highest BCUT2D eigenvalue weighted by atomic mass is 32.2. The number of halogens is 1. The number of rotatable bonds is 14. The van der Waals surface area contributed by atoms with Gasteiger partial charge >= 0.3 is 5.97 Å². The lowest BCUT2D eigenvalue weighted by molar-refractivity contribution is 0.0689. The Bertz CT molecular complexity index is 1440. The molecule has 0 aliphatic heterocycles. The van der Waals surface area contributed by atoms with Crippen molar-refractivity contribution in [2.45, 2.75) is 56.8 Å². The second-order valence-electron chi connectivity index (χ2n) is 9.29. The first-order valence-corrected chi connectivity index (χ1v) is 14.5. The highest BCUT2D eigenvalue weighted by Gasteiger charge is 2.22. The predicted octanol–water partition coefficient (Wildman–Crippen LogP) is 4.52. The zero-order valence-electron chi connectivity index (χ0n) is 22.2. The summed E-state index contributed by atoms with van der Waals surface area (Å²) < 4.78 is 40.8. The summed E-state index contributed by atoms with van der Waals surface area (Å²) in [7, 11) is -4.29. The van der Waals surface area contributed by atoms with Crippen molar-refractivity contribution in [3.63, 3.8) is 0 Å². The van der Waals surface area contributed by atoms with Crippen LogP contribution in [0.1, 0.15) is 81.4 Å². The Hall–Kier alpha value is -4.12. The zero-order chi connectivity index (χ0) is 29.1. The molecule has 0 spiro atoms. The van der Waals surface area contributed by atoms with E-state index in [1.165, 1.54) is 42.5 Å². The number of carbonyl (C=O) groups is 3. The van der Waals surface area contributed by atoms with Gasteiger partial charge in [-0.15, -0.1) is 0 Å². The number of sulfonamides is 1. The van der Waals surface area contributed by atoms with Crippen LogP contribution in [0.5, 0.6) is 0 Å². The summed E-state index contributed by atoms with van der Waals surface area (Å²) in [6, 6.07) is 12.3. The zero-order valence-corrected chi connectivity index (χ0v) is 23.0. The minimum Gasteiger partial charge on any atom is -0.477 e. The van der Waals surface area contributed by atoms with Crippen LogP contribution in [0, 0.1) is 5.82 Å². The number of hydrogen-bond acceptors (Lipinski definition) is 6.